The third-order valence-electron chi connectivity index (χ3n) is 2.84. The molecule has 0 saturated carbocycles. The SMILES string of the molecule is O=C(O)CCCc1cc2cc(Cl)ccc2cc1O. The second kappa shape index (κ2) is 5.27. The molecule has 2 aromatic rings. The van der Waals surface area contributed by atoms with E-state index in [-0.39, 0.29) is 12.2 Å². The van der Waals surface area contributed by atoms with E-state index in [0.29, 0.717) is 17.9 Å². The van der Waals surface area contributed by atoms with Gasteiger partial charge in [-0.25, -0.2) is 0 Å². The predicted octanol–water partition coefficient (Wildman–Crippen LogP) is 3.61. The number of aryl methyl sites for hydroxylation is 1. The number of rotatable bonds is 4. The molecule has 2 N–H and O–H groups in total. The molecule has 0 saturated heterocycles. The smallest absolute Gasteiger partial charge is 0.303 e. The zero-order valence-electron chi connectivity index (χ0n) is 9.69. The summed E-state index contributed by atoms with van der Waals surface area (Å²) < 4.78 is 0. The molecule has 18 heavy (non-hydrogen) atoms. The Morgan fingerprint density at radius 2 is 1.94 bits per heavy atom. The average molecular weight is 265 g/mol. The van der Waals surface area contributed by atoms with Crippen LogP contribution in [-0.2, 0) is 11.2 Å². The number of phenolic OH excluding ortho intramolecular Hbond substituents is 1. The van der Waals surface area contributed by atoms with Crippen LogP contribution in [0.5, 0.6) is 5.75 Å². The highest BCUT2D eigenvalue weighted by Gasteiger charge is 2.06. The molecule has 0 aliphatic heterocycles. The second-order valence-electron chi connectivity index (χ2n) is 4.22. The van der Waals surface area contributed by atoms with Gasteiger partial charge in [-0.3, -0.25) is 4.79 Å². The largest absolute Gasteiger partial charge is 0.508 e. The average Bonchev–Trinajstić information content (AvgIpc) is 2.30. The lowest BCUT2D eigenvalue weighted by molar-refractivity contribution is -0.137. The Bertz CT molecular complexity index is 593. The van der Waals surface area contributed by atoms with Crippen molar-refractivity contribution >= 4 is 28.3 Å². The lowest BCUT2D eigenvalue weighted by Gasteiger charge is -2.07. The summed E-state index contributed by atoms with van der Waals surface area (Å²) in [5.74, 6) is -0.617. The normalized spacial score (nSPS) is 10.7. The molecule has 4 heteroatoms. The highest BCUT2D eigenvalue weighted by atomic mass is 35.5. The van der Waals surface area contributed by atoms with E-state index >= 15 is 0 Å². The quantitative estimate of drug-likeness (QED) is 0.887. The van der Waals surface area contributed by atoms with Crippen LogP contribution in [0, 0.1) is 0 Å². The number of carboxylic acids is 1. The van der Waals surface area contributed by atoms with E-state index in [1.54, 1.807) is 12.1 Å². The molecule has 0 fully saturated rings. The number of carboxylic acid groups (broad SMARTS) is 1. The van der Waals surface area contributed by atoms with Gasteiger partial charge in [0.05, 0.1) is 0 Å². The van der Waals surface area contributed by atoms with Crippen molar-refractivity contribution in [2.24, 2.45) is 0 Å². The van der Waals surface area contributed by atoms with Crippen LogP contribution in [0.1, 0.15) is 18.4 Å². The van der Waals surface area contributed by atoms with Crippen LogP contribution in [0.15, 0.2) is 30.3 Å². The summed E-state index contributed by atoms with van der Waals surface area (Å²) in [5.41, 5.74) is 0.756. The first-order valence-corrected chi connectivity index (χ1v) is 6.07. The fourth-order valence-corrected chi connectivity index (χ4v) is 2.11. The van der Waals surface area contributed by atoms with Gasteiger partial charge in [-0.2, -0.15) is 0 Å². The van der Waals surface area contributed by atoms with E-state index in [0.717, 1.165) is 16.3 Å². The first kappa shape index (κ1) is 12.7. The Hall–Kier alpha value is -1.74. The Morgan fingerprint density at radius 3 is 2.67 bits per heavy atom. The van der Waals surface area contributed by atoms with E-state index in [2.05, 4.69) is 0 Å². The molecule has 2 rings (SSSR count). The molecule has 0 spiro atoms. The molecular weight excluding hydrogens is 252 g/mol. The maximum Gasteiger partial charge on any atom is 0.303 e. The molecule has 94 valence electrons. The topological polar surface area (TPSA) is 57.5 Å². The summed E-state index contributed by atoms with van der Waals surface area (Å²) in [6.45, 7) is 0. The Balaban J connectivity index is 2.27. The van der Waals surface area contributed by atoms with Gasteiger partial charge in [-0.05, 0) is 53.4 Å². The van der Waals surface area contributed by atoms with Gasteiger partial charge in [0.25, 0.3) is 0 Å². The van der Waals surface area contributed by atoms with Gasteiger partial charge < -0.3 is 10.2 Å². The number of fused-ring (bicyclic) bond motifs is 1. The first-order valence-electron chi connectivity index (χ1n) is 5.69. The summed E-state index contributed by atoms with van der Waals surface area (Å²) in [6, 6.07) is 8.99. The summed E-state index contributed by atoms with van der Waals surface area (Å²) >= 11 is 5.92. The van der Waals surface area contributed by atoms with Gasteiger partial charge in [0.1, 0.15) is 5.75 Å². The Labute approximate surface area is 110 Å². The number of benzene rings is 2. The molecule has 0 heterocycles. The number of halogens is 1. The zero-order valence-corrected chi connectivity index (χ0v) is 10.4. The van der Waals surface area contributed by atoms with Crippen molar-refractivity contribution in [1.29, 1.82) is 0 Å². The molecule has 3 nitrogen and oxygen atoms in total. The van der Waals surface area contributed by atoms with E-state index in [1.807, 2.05) is 18.2 Å². The first-order chi connectivity index (χ1) is 8.56. The van der Waals surface area contributed by atoms with Crippen molar-refractivity contribution in [3.05, 3.63) is 40.9 Å². The molecule has 0 bridgehead atoms. The van der Waals surface area contributed by atoms with E-state index in [9.17, 15) is 9.90 Å². The maximum atomic E-state index is 10.5. The Morgan fingerprint density at radius 1 is 1.17 bits per heavy atom. The van der Waals surface area contributed by atoms with Crippen LogP contribution in [0.3, 0.4) is 0 Å². The minimum atomic E-state index is -0.821. The highest BCUT2D eigenvalue weighted by molar-refractivity contribution is 6.31. The third-order valence-corrected chi connectivity index (χ3v) is 3.07. The summed E-state index contributed by atoms with van der Waals surface area (Å²) in [4.78, 5) is 10.5. The molecule has 0 aromatic heterocycles. The van der Waals surface area contributed by atoms with Gasteiger partial charge in [0, 0.05) is 11.4 Å². The van der Waals surface area contributed by atoms with E-state index in [1.165, 1.54) is 0 Å². The standard InChI is InChI=1S/C14H13ClO3/c15-12-5-4-9-8-13(16)10(6-11(9)7-12)2-1-3-14(17)18/h4-8,16H,1-3H2,(H,17,18). The number of hydrogen-bond acceptors (Lipinski definition) is 2. The maximum absolute atomic E-state index is 10.5. The summed E-state index contributed by atoms with van der Waals surface area (Å²) in [5, 5.41) is 21.0. The van der Waals surface area contributed by atoms with Gasteiger partial charge >= 0.3 is 5.97 Å². The van der Waals surface area contributed by atoms with E-state index < -0.39 is 5.97 Å². The van der Waals surface area contributed by atoms with Crippen molar-refractivity contribution < 1.29 is 15.0 Å². The monoisotopic (exact) mass is 264 g/mol. The Kier molecular flexibility index (Phi) is 3.72. The van der Waals surface area contributed by atoms with Crippen LogP contribution in [0.2, 0.25) is 5.02 Å². The predicted molar refractivity (Wildman–Crippen MR) is 71.2 cm³/mol. The second-order valence-corrected chi connectivity index (χ2v) is 4.66. The van der Waals surface area contributed by atoms with Gasteiger partial charge in [-0.1, -0.05) is 17.7 Å². The molecule has 0 radical (unpaired) electrons. The summed E-state index contributed by atoms with van der Waals surface area (Å²) in [7, 11) is 0. The molecular formula is C14H13ClO3. The lowest BCUT2D eigenvalue weighted by atomic mass is 10.0. The van der Waals surface area contributed by atoms with Crippen LogP contribution in [0.4, 0.5) is 0 Å². The minimum absolute atomic E-state index is 0.104. The molecule has 0 aliphatic carbocycles. The minimum Gasteiger partial charge on any atom is -0.508 e. The fourth-order valence-electron chi connectivity index (χ4n) is 1.93. The fraction of sp³-hybridized carbons (Fsp3) is 0.214. The molecule has 0 amide bonds. The molecule has 2 aromatic carbocycles. The molecule has 0 atom stereocenters. The number of carbonyl (C=O) groups is 1. The number of phenols is 1. The molecule has 0 aliphatic rings. The molecule has 0 unspecified atom stereocenters. The highest BCUT2D eigenvalue weighted by Crippen LogP contribution is 2.28. The van der Waals surface area contributed by atoms with Crippen molar-refractivity contribution in [3.8, 4) is 5.75 Å². The number of aliphatic carboxylic acids is 1. The third kappa shape index (κ3) is 2.93. The number of hydrogen-bond donors (Lipinski definition) is 2. The lowest BCUT2D eigenvalue weighted by Crippen LogP contribution is -1.96. The zero-order chi connectivity index (χ0) is 13.1. The van der Waals surface area contributed by atoms with Crippen LogP contribution in [0.25, 0.3) is 10.8 Å². The van der Waals surface area contributed by atoms with Gasteiger partial charge in [0.15, 0.2) is 0 Å². The van der Waals surface area contributed by atoms with Gasteiger partial charge in [-0.15, -0.1) is 0 Å². The van der Waals surface area contributed by atoms with Crippen LogP contribution >= 0.6 is 11.6 Å². The van der Waals surface area contributed by atoms with Gasteiger partial charge in [0.2, 0.25) is 0 Å². The van der Waals surface area contributed by atoms with Crippen LogP contribution < -0.4 is 0 Å². The van der Waals surface area contributed by atoms with Crippen molar-refractivity contribution in [1.82, 2.24) is 0 Å². The van der Waals surface area contributed by atoms with E-state index in [4.69, 9.17) is 16.7 Å². The van der Waals surface area contributed by atoms with Crippen molar-refractivity contribution in [3.63, 3.8) is 0 Å². The van der Waals surface area contributed by atoms with Crippen molar-refractivity contribution in [2.45, 2.75) is 19.3 Å². The summed E-state index contributed by atoms with van der Waals surface area (Å²) in [6.07, 6.45) is 1.16. The van der Waals surface area contributed by atoms with Crippen molar-refractivity contribution in [2.75, 3.05) is 0 Å². The van der Waals surface area contributed by atoms with Crippen LogP contribution in [-0.4, -0.2) is 16.2 Å². The number of aromatic hydroxyl groups is 1.